The van der Waals surface area contributed by atoms with Crippen molar-refractivity contribution in [3.8, 4) is 0 Å². The number of hydrogen-bond acceptors (Lipinski definition) is 0. The zero-order chi connectivity index (χ0) is 9.68. The van der Waals surface area contributed by atoms with Crippen molar-refractivity contribution in [3.05, 3.63) is 46.5 Å². The van der Waals surface area contributed by atoms with Crippen LogP contribution in [0.3, 0.4) is 0 Å². The maximum Gasteiger partial charge on any atom is 0.0408 e. The monoisotopic (exact) mass is 214 g/mol. The predicted octanol–water partition coefficient (Wildman–Crippen LogP) is 4.42. The van der Waals surface area contributed by atoms with Gasteiger partial charge >= 0.3 is 0 Å². The predicted molar refractivity (Wildman–Crippen MR) is 59.4 cm³/mol. The lowest BCUT2D eigenvalue weighted by Gasteiger charge is -2.00. The van der Waals surface area contributed by atoms with Crippen LogP contribution in [0.15, 0.2) is 35.9 Å². The fourth-order valence-electron chi connectivity index (χ4n) is 1.18. The SMILES string of the molecule is C=C(Cl)CCCc1cccc(Cl)c1. The molecule has 0 fully saturated rings. The average molecular weight is 215 g/mol. The Morgan fingerprint density at radius 2 is 2.15 bits per heavy atom. The van der Waals surface area contributed by atoms with Crippen molar-refractivity contribution in [1.82, 2.24) is 0 Å². The Labute approximate surface area is 89.2 Å². The summed E-state index contributed by atoms with van der Waals surface area (Å²) in [6, 6.07) is 7.90. The zero-order valence-electron chi connectivity index (χ0n) is 7.39. The maximum atomic E-state index is 5.84. The second-order valence-electron chi connectivity index (χ2n) is 3.00. The first kappa shape index (κ1) is 10.6. The molecule has 2 heteroatoms. The van der Waals surface area contributed by atoms with Gasteiger partial charge in [0.1, 0.15) is 0 Å². The lowest BCUT2D eigenvalue weighted by molar-refractivity contribution is 0.836. The van der Waals surface area contributed by atoms with Crippen molar-refractivity contribution < 1.29 is 0 Å². The standard InChI is InChI=1S/C11H12Cl2/c1-9(12)4-2-5-10-6-3-7-11(13)8-10/h3,6-8H,1-2,4-5H2. The van der Waals surface area contributed by atoms with Crippen molar-refractivity contribution in [2.24, 2.45) is 0 Å². The van der Waals surface area contributed by atoms with E-state index in [0.717, 1.165) is 29.3 Å². The van der Waals surface area contributed by atoms with Gasteiger partial charge in [0.25, 0.3) is 0 Å². The molecule has 0 spiro atoms. The molecule has 0 aliphatic rings. The molecule has 0 unspecified atom stereocenters. The molecule has 0 radical (unpaired) electrons. The summed E-state index contributed by atoms with van der Waals surface area (Å²) < 4.78 is 0. The van der Waals surface area contributed by atoms with E-state index in [1.165, 1.54) is 5.56 Å². The van der Waals surface area contributed by atoms with Gasteiger partial charge in [0.2, 0.25) is 0 Å². The van der Waals surface area contributed by atoms with Gasteiger partial charge in [-0.15, -0.1) is 0 Å². The third-order valence-electron chi connectivity index (χ3n) is 1.80. The molecular formula is C11H12Cl2. The summed E-state index contributed by atoms with van der Waals surface area (Å²) in [4.78, 5) is 0. The highest BCUT2D eigenvalue weighted by Gasteiger charge is 1.95. The van der Waals surface area contributed by atoms with E-state index in [1.807, 2.05) is 18.2 Å². The third-order valence-corrected chi connectivity index (χ3v) is 2.23. The molecule has 0 saturated carbocycles. The Bertz CT molecular complexity index is 292. The van der Waals surface area contributed by atoms with Crippen molar-refractivity contribution in [2.75, 3.05) is 0 Å². The van der Waals surface area contributed by atoms with Gasteiger partial charge in [0.05, 0.1) is 0 Å². The van der Waals surface area contributed by atoms with Gasteiger partial charge in [-0.1, -0.05) is 41.9 Å². The molecule has 0 bridgehead atoms. The fraction of sp³-hybridized carbons (Fsp3) is 0.273. The molecule has 13 heavy (non-hydrogen) atoms. The molecule has 1 aromatic carbocycles. The summed E-state index contributed by atoms with van der Waals surface area (Å²) in [7, 11) is 0. The van der Waals surface area contributed by atoms with E-state index >= 15 is 0 Å². The Hall–Kier alpha value is -0.460. The lowest BCUT2D eigenvalue weighted by Crippen LogP contribution is -1.84. The quantitative estimate of drug-likeness (QED) is 0.697. The van der Waals surface area contributed by atoms with Crippen LogP contribution in [0.4, 0.5) is 0 Å². The summed E-state index contributed by atoms with van der Waals surface area (Å²) in [5.41, 5.74) is 1.26. The first-order valence-electron chi connectivity index (χ1n) is 4.26. The van der Waals surface area contributed by atoms with E-state index in [1.54, 1.807) is 0 Å². The van der Waals surface area contributed by atoms with Crippen molar-refractivity contribution >= 4 is 23.2 Å². The average Bonchev–Trinajstić information content (AvgIpc) is 2.03. The summed E-state index contributed by atoms with van der Waals surface area (Å²) in [6.45, 7) is 3.64. The van der Waals surface area contributed by atoms with Gasteiger partial charge in [0, 0.05) is 10.1 Å². The summed E-state index contributed by atoms with van der Waals surface area (Å²) in [6.07, 6.45) is 2.91. The van der Waals surface area contributed by atoms with Crippen molar-refractivity contribution in [2.45, 2.75) is 19.3 Å². The minimum atomic E-state index is 0.724. The van der Waals surface area contributed by atoms with E-state index in [0.29, 0.717) is 0 Å². The molecule has 0 amide bonds. The lowest BCUT2D eigenvalue weighted by atomic mass is 10.1. The highest BCUT2D eigenvalue weighted by molar-refractivity contribution is 6.30. The van der Waals surface area contributed by atoms with Crippen LogP contribution in [-0.4, -0.2) is 0 Å². The number of benzene rings is 1. The van der Waals surface area contributed by atoms with Crippen molar-refractivity contribution in [3.63, 3.8) is 0 Å². The molecule has 0 saturated heterocycles. The summed E-state index contributed by atoms with van der Waals surface area (Å²) >= 11 is 11.5. The number of allylic oxidation sites excluding steroid dienone is 1. The zero-order valence-corrected chi connectivity index (χ0v) is 8.91. The van der Waals surface area contributed by atoms with E-state index in [9.17, 15) is 0 Å². The number of halogens is 2. The summed E-state index contributed by atoms with van der Waals surface area (Å²) in [5, 5.41) is 1.52. The second-order valence-corrected chi connectivity index (χ2v) is 3.97. The van der Waals surface area contributed by atoms with Crippen LogP contribution < -0.4 is 0 Å². The van der Waals surface area contributed by atoms with Crippen LogP contribution in [0.1, 0.15) is 18.4 Å². The number of rotatable bonds is 4. The second kappa shape index (κ2) is 5.31. The van der Waals surface area contributed by atoms with Crippen LogP contribution in [0.2, 0.25) is 5.02 Å². The van der Waals surface area contributed by atoms with Gasteiger partial charge in [-0.25, -0.2) is 0 Å². The molecular weight excluding hydrogens is 203 g/mol. The minimum absolute atomic E-state index is 0.724. The minimum Gasteiger partial charge on any atom is -0.0898 e. The number of hydrogen-bond donors (Lipinski definition) is 0. The largest absolute Gasteiger partial charge is 0.0898 e. The van der Waals surface area contributed by atoms with Crippen LogP contribution in [0.5, 0.6) is 0 Å². The van der Waals surface area contributed by atoms with E-state index < -0.39 is 0 Å². The van der Waals surface area contributed by atoms with Crippen molar-refractivity contribution in [1.29, 1.82) is 0 Å². The van der Waals surface area contributed by atoms with Crippen LogP contribution >= 0.6 is 23.2 Å². The van der Waals surface area contributed by atoms with Gasteiger partial charge < -0.3 is 0 Å². The first-order chi connectivity index (χ1) is 6.18. The normalized spacial score (nSPS) is 10.0. The highest BCUT2D eigenvalue weighted by atomic mass is 35.5. The third kappa shape index (κ3) is 4.35. The number of aryl methyl sites for hydroxylation is 1. The smallest absolute Gasteiger partial charge is 0.0408 e. The molecule has 1 aromatic rings. The molecule has 0 aromatic heterocycles. The molecule has 0 aliphatic carbocycles. The maximum absolute atomic E-state index is 5.84. The molecule has 0 N–H and O–H groups in total. The van der Waals surface area contributed by atoms with E-state index in [2.05, 4.69) is 12.6 Å². The Balaban J connectivity index is 2.41. The fourth-order valence-corrected chi connectivity index (χ4v) is 1.52. The molecule has 0 heterocycles. The Morgan fingerprint density at radius 1 is 1.38 bits per heavy atom. The molecule has 0 atom stereocenters. The van der Waals surface area contributed by atoms with Crippen LogP contribution in [0.25, 0.3) is 0 Å². The van der Waals surface area contributed by atoms with Gasteiger partial charge in [0.15, 0.2) is 0 Å². The van der Waals surface area contributed by atoms with Crippen LogP contribution in [0, 0.1) is 0 Å². The van der Waals surface area contributed by atoms with E-state index in [4.69, 9.17) is 23.2 Å². The molecule has 0 nitrogen and oxygen atoms in total. The van der Waals surface area contributed by atoms with E-state index in [-0.39, 0.29) is 0 Å². The highest BCUT2D eigenvalue weighted by Crippen LogP contribution is 2.15. The van der Waals surface area contributed by atoms with Gasteiger partial charge in [-0.3, -0.25) is 0 Å². The summed E-state index contributed by atoms with van der Waals surface area (Å²) in [5.74, 6) is 0. The van der Waals surface area contributed by atoms with Gasteiger partial charge in [-0.2, -0.15) is 0 Å². The molecule has 1 rings (SSSR count). The topological polar surface area (TPSA) is 0 Å². The molecule has 70 valence electrons. The molecule has 0 aliphatic heterocycles. The van der Waals surface area contributed by atoms with Gasteiger partial charge in [-0.05, 0) is 37.0 Å². The Kier molecular flexibility index (Phi) is 4.34. The van der Waals surface area contributed by atoms with Crippen LogP contribution in [-0.2, 0) is 6.42 Å². The Morgan fingerprint density at radius 3 is 2.77 bits per heavy atom. The first-order valence-corrected chi connectivity index (χ1v) is 5.02.